The molecule has 3 rings (SSSR count). The zero-order valence-electron chi connectivity index (χ0n) is 11.4. The van der Waals surface area contributed by atoms with Crippen molar-refractivity contribution in [3.8, 4) is 0 Å². The number of nitrogens with zero attached hydrogens (tertiary/aromatic N) is 2. The Bertz CT molecular complexity index is 789. The second kappa shape index (κ2) is 4.81. The van der Waals surface area contributed by atoms with Crippen LogP contribution >= 0.6 is 0 Å². The van der Waals surface area contributed by atoms with Gasteiger partial charge in [0.05, 0.1) is 18.0 Å². The number of rotatable bonds is 2. The molecule has 0 saturated carbocycles. The van der Waals surface area contributed by atoms with Gasteiger partial charge >= 0.3 is 0 Å². The van der Waals surface area contributed by atoms with Gasteiger partial charge in [0.1, 0.15) is 0 Å². The van der Waals surface area contributed by atoms with Crippen LogP contribution in [0.1, 0.15) is 21.5 Å². The highest BCUT2D eigenvalue weighted by Gasteiger charge is 2.09. The molecule has 0 bridgehead atoms. The smallest absolute Gasteiger partial charge is 0.255 e. The average molecular weight is 265 g/mol. The number of aromatic nitrogens is 2. The van der Waals surface area contributed by atoms with E-state index in [1.54, 1.807) is 18.6 Å². The van der Waals surface area contributed by atoms with Crippen molar-refractivity contribution in [3.05, 3.63) is 65.7 Å². The van der Waals surface area contributed by atoms with Crippen LogP contribution in [-0.4, -0.2) is 15.3 Å². The van der Waals surface area contributed by atoms with E-state index in [0.29, 0.717) is 5.56 Å². The van der Waals surface area contributed by atoms with Crippen molar-refractivity contribution >= 4 is 17.1 Å². The average Bonchev–Trinajstić information content (AvgIpc) is 2.91. The normalized spacial score (nSPS) is 10.7. The molecule has 0 aliphatic heterocycles. The Morgan fingerprint density at radius 2 is 2.10 bits per heavy atom. The van der Waals surface area contributed by atoms with E-state index in [1.807, 2.05) is 48.7 Å². The number of hydrogen-bond donors (Lipinski definition) is 1. The zero-order chi connectivity index (χ0) is 14.1. The highest BCUT2D eigenvalue weighted by Crippen LogP contribution is 2.19. The van der Waals surface area contributed by atoms with Crippen molar-refractivity contribution in [2.24, 2.45) is 0 Å². The lowest BCUT2D eigenvalue weighted by Crippen LogP contribution is -2.13. The van der Waals surface area contributed by atoms with Gasteiger partial charge in [-0.1, -0.05) is 12.1 Å². The number of anilines is 1. The number of carbonyl (C=O) groups is 1. The maximum Gasteiger partial charge on any atom is 0.255 e. The summed E-state index contributed by atoms with van der Waals surface area (Å²) in [6.07, 6.45) is 5.27. The Balaban J connectivity index is 1.90. The summed E-state index contributed by atoms with van der Waals surface area (Å²) in [5.74, 6) is -0.109. The molecule has 0 spiro atoms. The summed E-state index contributed by atoms with van der Waals surface area (Å²) in [4.78, 5) is 16.3. The van der Waals surface area contributed by atoms with E-state index < -0.39 is 0 Å². The largest absolute Gasteiger partial charge is 0.322 e. The summed E-state index contributed by atoms with van der Waals surface area (Å²) in [6.45, 7) is 4.04. The van der Waals surface area contributed by atoms with Crippen molar-refractivity contribution in [1.29, 1.82) is 0 Å². The van der Waals surface area contributed by atoms with E-state index in [1.165, 1.54) is 0 Å². The molecular weight excluding hydrogens is 250 g/mol. The minimum atomic E-state index is -0.109. The number of nitrogens with one attached hydrogen (secondary N) is 1. The van der Waals surface area contributed by atoms with Crippen LogP contribution < -0.4 is 5.32 Å². The van der Waals surface area contributed by atoms with E-state index in [-0.39, 0.29) is 5.91 Å². The molecule has 0 saturated heterocycles. The number of carbonyl (C=O) groups excluding carboxylic acids is 1. The second-order valence-corrected chi connectivity index (χ2v) is 4.84. The van der Waals surface area contributed by atoms with Gasteiger partial charge in [-0.3, -0.25) is 4.79 Å². The molecule has 1 amide bonds. The van der Waals surface area contributed by atoms with Gasteiger partial charge in [0, 0.05) is 17.4 Å². The molecule has 1 aromatic carbocycles. The van der Waals surface area contributed by atoms with Crippen LogP contribution in [0.15, 0.2) is 49.1 Å². The molecule has 2 heterocycles. The summed E-state index contributed by atoms with van der Waals surface area (Å²) in [7, 11) is 0. The monoisotopic (exact) mass is 265 g/mol. The van der Waals surface area contributed by atoms with Crippen molar-refractivity contribution in [1.82, 2.24) is 9.38 Å². The molecule has 0 atom stereocenters. The van der Waals surface area contributed by atoms with Crippen LogP contribution in [-0.2, 0) is 0 Å². The topological polar surface area (TPSA) is 46.4 Å². The van der Waals surface area contributed by atoms with Gasteiger partial charge in [-0.25, -0.2) is 4.98 Å². The molecule has 0 unspecified atom stereocenters. The van der Waals surface area contributed by atoms with Gasteiger partial charge in [-0.05, 0) is 43.2 Å². The third-order valence-corrected chi connectivity index (χ3v) is 3.53. The molecular formula is C16H15N3O. The van der Waals surface area contributed by atoms with E-state index in [9.17, 15) is 4.79 Å². The van der Waals surface area contributed by atoms with Gasteiger partial charge in [0.15, 0.2) is 0 Å². The van der Waals surface area contributed by atoms with Crippen molar-refractivity contribution in [2.45, 2.75) is 13.8 Å². The van der Waals surface area contributed by atoms with Gasteiger partial charge in [-0.2, -0.15) is 0 Å². The number of hydrogen-bond acceptors (Lipinski definition) is 2. The van der Waals surface area contributed by atoms with Crippen LogP contribution in [0.2, 0.25) is 0 Å². The first-order valence-electron chi connectivity index (χ1n) is 6.44. The third kappa shape index (κ3) is 2.16. The molecule has 0 fully saturated rings. The Morgan fingerprint density at radius 1 is 1.25 bits per heavy atom. The Morgan fingerprint density at radius 3 is 2.95 bits per heavy atom. The fourth-order valence-corrected chi connectivity index (χ4v) is 2.14. The Labute approximate surface area is 117 Å². The zero-order valence-corrected chi connectivity index (χ0v) is 11.4. The van der Waals surface area contributed by atoms with Crippen LogP contribution in [0.3, 0.4) is 0 Å². The van der Waals surface area contributed by atoms with E-state index in [2.05, 4.69) is 10.3 Å². The minimum Gasteiger partial charge on any atom is -0.322 e. The van der Waals surface area contributed by atoms with Crippen molar-refractivity contribution < 1.29 is 4.79 Å². The minimum absolute atomic E-state index is 0.109. The number of aryl methyl sites for hydroxylation is 1. The lowest BCUT2D eigenvalue weighted by atomic mass is 10.1. The van der Waals surface area contributed by atoms with E-state index in [0.717, 1.165) is 22.3 Å². The van der Waals surface area contributed by atoms with Crippen molar-refractivity contribution in [2.75, 3.05) is 5.32 Å². The summed E-state index contributed by atoms with van der Waals surface area (Å²) < 4.78 is 1.87. The maximum absolute atomic E-state index is 12.3. The quantitative estimate of drug-likeness (QED) is 0.773. The van der Waals surface area contributed by atoms with E-state index >= 15 is 0 Å². The maximum atomic E-state index is 12.3. The van der Waals surface area contributed by atoms with Gasteiger partial charge in [-0.15, -0.1) is 0 Å². The highest BCUT2D eigenvalue weighted by molar-refractivity contribution is 6.05. The van der Waals surface area contributed by atoms with Crippen molar-refractivity contribution in [3.63, 3.8) is 0 Å². The molecule has 0 radical (unpaired) electrons. The lowest BCUT2D eigenvalue weighted by Gasteiger charge is -2.10. The molecule has 0 aliphatic rings. The summed E-state index contributed by atoms with van der Waals surface area (Å²) >= 11 is 0. The van der Waals surface area contributed by atoms with Gasteiger partial charge in [0.25, 0.3) is 5.91 Å². The highest BCUT2D eigenvalue weighted by atomic mass is 16.1. The Hall–Kier alpha value is -2.62. The molecule has 1 N–H and O–H groups in total. The van der Waals surface area contributed by atoms with E-state index in [4.69, 9.17) is 0 Å². The fraction of sp³-hybridized carbons (Fsp3) is 0.125. The van der Waals surface area contributed by atoms with Crippen LogP contribution in [0.4, 0.5) is 5.69 Å². The van der Waals surface area contributed by atoms with Gasteiger partial charge in [0.2, 0.25) is 0 Å². The standard InChI is InChI=1S/C16H15N3O/c1-11-4-3-5-15(12(11)2)18-16(20)13-6-7-19-10-17-9-14(19)8-13/h3-10H,1-2H3,(H,18,20). The Kier molecular flexibility index (Phi) is 2.99. The number of imidazole rings is 1. The predicted octanol–water partition coefficient (Wildman–Crippen LogP) is 3.20. The molecule has 3 aromatic rings. The van der Waals surface area contributed by atoms with Crippen LogP contribution in [0.5, 0.6) is 0 Å². The number of pyridine rings is 1. The number of benzene rings is 1. The molecule has 0 aliphatic carbocycles. The fourth-order valence-electron chi connectivity index (χ4n) is 2.14. The molecule has 4 nitrogen and oxygen atoms in total. The third-order valence-electron chi connectivity index (χ3n) is 3.53. The van der Waals surface area contributed by atoms with Gasteiger partial charge < -0.3 is 9.72 Å². The summed E-state index contributed by atoms with van der Waals surface area (Å²) in [5, 5.41) is 2.96. The molecule has 100 valence electrons. The number of amides is 1. The molecule has 4 heteroatoms. The first-order chi connectivity index (χ1) is 9.65. The first-order valence-corrected chi connectivity index (χ1v) is 6.44. The second-order valence-electron chi connectivity index (χ2n) is 4.84. The lowest BCUT2D eigenvalue weighted by molar-refractivity contribution is 0.102. The van der Waals surface area contributed by atoms with Crippen LogP contribution in [0, 0.1) is 13.8 Å². The van der Waals surface area contributed by atoms with Crippen LogP contribution in [0.25, 0.3) is 5.52 Å². The number of fused-ring (bicyclic) bond motifs is 1. The first kappa shape index (κ1) is 12.4. The summed E-state index contributed by atoms with van der Waals surface area (Å²) in [5.41, 5.74) is 4.63. The summed E-state index contributed by atoms with van der Waals surface area (Å²) in [6, 6.07) is 9.50. The predicted molar refractivity (Wildman–Crippen MR) is 79.1 cm³/mol. The SMILES string of the molecule is Cc1cccc(NC(=O)c2ccn3cncc3c2)c1C. The molecule has 20 heavy (non-hydrogen) atoms. The molecule has 2 aromatic heterocycles.